The van der Waals surface area contributed by atoms with Crippen LogP contribution in [0.4, 0.5) is 5.82 Å². The van der Waals surface area contributed by atoms with Crippen LogP contribution < -0.4 is 5.32 Å². The summed E-state index contributed by atoms with van der Waals surface area (Å²) in [6.07, 6.45) is 2.02. The van der Waals surface area contributed by atoms with Gasteiger partial charge in [0.2, 0.25) is 0 Å². The fourth-order valence-corrected chi connectivity index (χ4v) is 1.47. The maximum absolute atomic E-state index is 10.8. The van der Waals surface area contributed by atoms with Crippen LogP contribution in [0.5, 0.6) is 0 Å². The summed E-state index contributed by atoms with van der Waals surface area (Å²) in [7, 11) is 0. The van der Waals surface area contributed by atoms with E-state index in [1.807, 2.05) is 6.26 Å². The van der Waals surface area contributed by atoms with Crippen molar-refractivity contribution in [2.24, 2.45) is 0 Å². The molecular formula is C10H14N2O2S. The first-order valence-electron chi connectivity index (χ1n) is 4.58. The lowest BCUT2D eigenvalue weighted by Crippen LogP contribution is -2.08. The van der Waals surface area contributed by atoms with Crippen LogP contribution in [0.25, 0.3) is 0 Å². The number of nitrogens with one attached hydrogen (secondary N) is 1. The SMILES string of the molecule is CSCCNc1cc(C(=O)O)cc(C)n1. The van der Waals surface area contributed by atoms with Gasteiger partial charge in [0.05, 0.1) is 5.56 Å². The number of anilines is 1. The van der Waals surface area contributed by atoms with Gasteiger partial charge in [-0.15, -0.1) is 0 Å². The molecule has 0 bridgehead atoms. The van der Waals surface area contributed by atoms with Crippen molar-refractivity contribution in [1.29, 1.82) is 0 Å². The molecule has 1 aromatic rings. The molecular weight excluding hydrogens is 212 g/mol. The van der Waals surface area contributed by atoms with Gasteiger partial charge in [-0.2, -0.15) is 11.8 Å². The highest BCUT2D eigenvalue weighted by Crippen LogP contribution is 2.10. The van der Waals surface area contributed by atoms with Gasteiger partial charge in [0.15, 0.2) is 0 Å². The van der Waals surface area contributed by atoms with E-state index < -0.39 is 5.97 Å². The van der Waals surface area contributed by atoms with Crippen molar-refractivity contribution in [1.82, 2.24) is 4.98 Å². The van der Waals surface area contributed by atoms with E-state index in [0.29, 0.717) is 11.5 Å². The second kappa shape index (κ2) is 5.60. The lowest BCUT2D eigenvalue weighted by Gasteiger charge is -2.06. The number of aromatic carboxylic acids is 1. The van der Waals surface area contributed by atoms with E-state index in [0.717, 1.165) is 12.3 Å². The summed E-state index contributed by atoms with van der Waals surface area (Å²) in [5, 5.41) is 11.9. The first-order valence-corrected chi connectivity index (χ1v) is 5.97. The third kappa shape index (κ3) is 3.79. The normalized spacial score (nSPS) is 10.0. The lowest BCUT2D eigenvalue weighted by molar-refractivity contribution is 0.0696. The number of hydrogen-bond acceptors (Lipinski definition) is 4. The minimum absolute atomic E-state index is 0.272. The number of carbonyl (C=O) groups is 1. The molecule has 82 valence electrons. The van der Waals surface area contributed by atoms with Gasteiger partial charge in [0.1, 0.15) is 5.82 Å². The Bertz CT molecular complexity index is 355. The number of rotatable bonds is 5. The highest BCUT2D eigenvalue weighted by atomic mass is 32.2. The Hall–Kier alpha value is -1.23. The molecule has 1 rings (SSSR count). The minimum Gasteiger partial charge on any atom is -0.478 e. The topological polar surface area (TPSA) is 62.2 Å². The molecule has 0 aliphatic heterocycles. The Morgan fingerprint density at radius 1 is 1.60 bits per heavy atom. The second-order valence-electron chi connectivity index (χ2n) is 3.11. The van der Waals surface area contributed by atoms with E-state index >= 15 is 0 Å². The van der Waals surface area contributed by atoms with E-state index in [9.17, 15) is 4.79 Å². The highest BCUT2D eigenvalue weighted by molar-refractivity contribution is 7.98. The Kier molecular flexibility index (Phi) is 4.42. The molecule has 0 aromatic carbocycles. The maximum atomic E-state index is 10.8. The predicted octanol–water partition coefficient (Wildman–Crippen LogP) is 1.86. The van der Waals surface area contributed by atoms with Gasteiger partial charge in [-0.3, -0.25) is 0 Å². The average Bonchev–Trinajstić information content (AvgIpc) is 2.17. The fourth-order valence-electron chi connectivity index (χ4n) is 1.16. The van der Waals surface area contributed by atoms with Crippen molar-refractivity contribution in [3.05, 3.63) is 23.4 Å². The molecule has 1 heterocycles. The largest absolute Gasteiger partial charge is 0.478 e. The number of aryl methyl sites for hydroxylation is 1. The molecule has 5 heteroatoms. The molecule has 0 radical (unpaired) electrons. The molecule has 4 nitrogen and oxygen atoms in total. The van der Waals surface area contributed by atoms with E-state index in [-0.39, 0.29) is 5.56 Å². The molecule has 0 amide bonds. The van der Waals surface area contributed by atoms with Crippen LogP contribution in [0, 0.1) is 6.92 Å². The van der Waals surface area contributed by atoms with Crippen LogP contribution in [0.15, 0.2) is 12.1 Å². The molecule has 15 heavy (non-hydrogen) atoms. The molecule has 0 aliphatic carbocycles. The first-order chi connectivity index (χ1) is 7.13. The van der Waals surface area contributed by atoms with Crippen molar-refractivity contribution < 1.29 is 9.90 Å². The number of aromatic nitrogens is 1. The number of nitrogens with zero attached hydrogens (tertiary/aromatic N) is 1. The first kappa shape index (κ1) is 11.8. The maximum Gasteiger partial charge on any atom is 0.335 e. The molecule has 1 aromatic heterocycles. The quantitative estimate of drug-likeness (QED) is 0.750. The zero-order chi connectivity index (χ0) is 11.3. The van der Waals surface area contributed by atoms with Crippen molar-refractivity contribution in [3.63, 3.8) is 0 Å². The lowest BCUT2D eigenvalue weighted by atomic mass is 10.2. The van der Waals surface area contributed by atoms with Crippen molar-refractivity contribution in [3.8, 4) is 0 Å². The standard InChI is InChI=1S/C10H14N2O2S/c1-7-5-8(10(13)14)6-9(12-7)11-3-4-15-2/h5-6H,3-4H2,1-2H3,(H,11,12)(H,13,14). The molecule has 0 unspecified atom stereocenters. The smallest absolute Gasteiger partial charge is 0.335 e. The number of carboxylic acids is 1. The van der Waals surface area contributed by atoms with Gasteiger partial charge in [-0.1, -0.05) is 0 Å². The van der Waals surface area contributed by atoms with Crippen molar-refractivity contribution in [2.75, 3.05) is 23.9 Å². The highest BCUT2D eigenvalue weighted by Gasteiger charge is 2.05. The van der Waals surface area contributed by atoms with E-state index in [1.165, 1.54) is 0 Å². The summed E-state index contributed by atoms with van der Waals surface area (Å²) in [5.74, 6) is 0.674. The molecule has 0 aliphatic rings. The third-order valence-corrected chi connectivity index (χ3v) is 2.43. The molecule has 0 saturated heterocycles. The monoisotopic (exact) mass is 226 g/mol. The molecule has 0 atom stereocenters. The molecule has 0 spiro atoms. The Balaban J connectivity index is 2.75. The summed E-state index contributed by atoms with van der Waals surface area (Å²) >= 11 is 1.73. The summed E-state index contributed by atoms with van der Waals surface area (Å²) in [4.78, 5) is 15.0. The van der Waals surface area contributed by atoms with E-state index in [4.69, 9.17) is 5.11 Å². The molecule has 2 N–H and O–H groups in total. The van der Waals surface area contributed by atoms with Crippen LogP contribution in [-0.2, 0) is 0 Å². The van der Waals surface area contributed by atoms with Crippen molar-refractivity contribution >= 4 is 23.5 Å². The van der Waals surface area contributed by atoms with Gasteiger partial charge in [-0.05, 0) is 25.3 Å². The number of carboxylic acid groups (broad SMARTS) is 1. The van der Waals surface area contributed by atoms with Crippen molar-refractivity contribution in [2.45, 2.75) is 6.92 Å². The van der Waals surface area contributed by atoms with Crippen LogP contribution in [0.2, 0.25) is 0 Å². The number of hydrogen-bond donors (Lipinski definition) is 2. The van der Waals surface area contributed by atoms with Crippen LogP contribution in [0.1, 0.15) is 16.1 Å². The zero-order valence-corrected chi connectivity index (χ0v) is 9.60. The van der Waals surface area contributed by atoms with Gasteiger partial charge >= 0.3 is 5.97 Å². The second-order valence-corrected chi connectivity index (χ2v) is 4.09. The molecule has 0 fully saturated rings. The van der Waals surface area contributed by atoms with Gasteiger partial charge < -0.3 is 10.4 Å². The Morgan fingerprint density at radius 2 is 2.33 bits per heavy atom. The van der Waals surface area contributed by atoms with Crippen LogP contribution in [-0.4, -0.2) is 34.6 Å². The summed E-state index contributed by atoms with van der Waals surface area (Å²) in [5.41, 5.74) is 0.982. The van der Waals surface area contributed by atoms with Gasteiger partial charge in [0.25, 0.3) is 0 Å². The third-order valence-electron chi connectivity index (χ3n) is 1.81. The number of thioether (sulfide) groups is 1. The fraction of sp³-hybridized carbons (Fsp3) is 0.400. The Morgan fingerprint density at radius 3 is 2.93 bits per heavy atom. The zero-order valence-electron chi connectivity index (χ0n) is 8.78. The summed E-state index contributed by atoms with van der Waals surface area (Å²) in [6, 6.07) is 3.11. The van der Waals surface area contributed by atoms with Crippen LogP contribution >= 0.6 is 11.8 Å². The van der Waals surface area contributed by atoms with Crippen LogP contribution in [0.3, 0.4) is 0 Å². The summed E-state index contributed by atoms with van der Waals surface area (Å²) in [6.45, 7) is 2.57. The average molecular weight is 226 g/mol. The predicted molar refractivity (Wildman–Crippen MR) is 62.8 cm³/mol. The van der Waals surface area contributed by atoms with E-state index in [1.54, 1.807) is 30.8 Å². The van der Waals surface area contributed by atoms with Gasteiger partial charge in [-0.25, -0.2) is 9.78 Å². The summed E-state index contributed by atoms with van der Waals surface area (Å²) < 4.78 is 0. The number of pyridine rings is 1. The minimum atomic E-state index is -0.923. The van der Waals surface area contributed by atoms with Gasteiger partial charge in [0, 0.05) is 18.0 Å². The molecule has 0 saturated carbocycles. The van der Waals surface area contributed by atoms with E-state index in [2.05, 4.69) is 10.3 Å². The Labute approximate surface area is 93.1 Å².